The van der Waals surface area contributed by atoms with Crippen LogP contribution in [0.25, 0.3) is 0 Å². The molecule has 1 amide bonds. The third kappa shape index (κ3) is 9.65. The molecule has 3 nitrogen and oxygen atoms in total. The highest BCUT2D eigenvalue weighted by Crippen LogP contribution is 2.40. The summed E-state index contributed by atoms with van der Waals surface area (Å²) < 4.78 is 0. The van der Waals surface area contributed by atoms with Crippen molar-refractivity contribution in [1.29, 1.82) is 0 Å². The first-order chi connectivity index (χ1) is 17.5. The summed E-state index contributed by atoms with van der Waals surface area (Å²) in [5.41, 5.74) is 8.29. The van der Waals surface area contributed by atoms with Gasteiger partial charge < -0.3 is 11.1 Å². The molecule has 0 aliphatic rings. The largest absolute Gasteiger partial charge is 0.399 e. The summed E-state index contributed by atoms with van der Waals surface area (Å²) in [5.74, 6) is -0.139. The number of hydrogen-bond donors (Lipinski definition) is 2. The number of benzene rings is 4. The Kier molecular flexibility index (Phi) is 13.3. The Hall–Kier alpha value is -1.41. The molecule has 0 fully saturated rings. The monoisotopic (exact) mass is 664 g/mol. The quantitative estimate of drug-likeness (QED) is 0.208. The maximum atomic E-state index is 11.0. The van der Waals surface area contributed by atoms with Gasteiger partial charge in [0.2, 0.25) is 5.91 Å². The molecular formula is C27H22Cl6N2OS2. The van der Waals surface area contributed by atoms with Crippen LogP contribution in [0.1, 0.15) is 12.5 Å². The first-order valence-corrected chi connectivity index (χ1v) is 14.2. The zero-order chi connectivity index (χ0) is 27.1. The second-order valence-electron chi connectivity index (χ2n) is 7.68. The van der Waals surface area contributed by atoms with E-state index >= 15 is 0 Å². The van der Waals surface area contributed by atoms with Gasteiger partial charge in [0.25, 0.3) is 0 Å². The number of rotatable bonds is 5. The average Bonchev–Trinajstić information content (AvgIpc) is 2.82. The van der Waals surface area contributed by atoms with Crippen molar-refractivity contribution in [2.45, 2.75) is 33.4 Å². The van der Waals surface area contributed by atoms with Gasteiger partial charge in [0.15, 0.2) is 0 Å². The highest BCUT2D eigenvalue weighted by atomic mass is 35.5. The van der Waals surface area contributed by atoms with E-state index in [4.69, 9.17) is 63.7 Å². The van der Waals surface area contributed by atoms with Gasteiger partial charge in [0.1, 0.15) is 0 Å². The van der Waals surface area contributed by atoms with Crippen LogP contribution in [0.3, 0.4) is 0 Å². The van der Waals surface area contributed by atoms with Crippen molar-refractivity contribution in [2.24, 2.45) is 0 Å². The van der Waals surface area contributed by atoms with E-state index < -0.39 is 0 Å². The number of nitrogens with one attached hydrogen (secondary N) is 1. The lowest BCUT2D eigenvalue weighted by Gasteiger charge is -2.09. The van der Waals surface area contributed by atoms with Crippen LogP contribution in [-0.2, 0) is 4.79 Å². The molecule has 0 spiro atoms. The first kappa shape index (κ1) is 32.8. The van der Waals surface area contributed by atoms with Gasteiger partial charge in [-0.3, -0.25) is 4.79 Å². The van der Waals surface area contributed by atoms with E-state index in [-0.39, 0.29) is 18.3 Å². The van der Waals surface area contributed by atoms with Crippen LogP contribution in [0.5, 0.6) is 0 Å². The number of anilines is 2. The predicted molar refractivity (Wildman–Crippen MR) is 170 cm³/mol. The van der Waals surface area contributed by atoms with Gasteiger partial charge in [-0.15, -0.1) is 12.4 Å². The third-order valence-electron chi connectivity index (χ3n) is 4.70. The second-order valence-corrected chi connectivity index (χ2v) is 11.9. The Labute approximate surface area is 262 Å². The molecule has 0 aromatic heterocycles. The molecule has 4 aromatic carbocycles. The predicted octanol–water partition coefficient (Wildman–Crippen LogP) is 11.2. The molecule has 200 valence electrons. The molecular weight excluding hydrogens is 645 g/mol. The van der Waals surface area contributed by atoms with Gasteiger partial charge in [0, 0.05) is 42.9 Å². The fraction of sp³-hybridized carbons (Fsp3) is 0.0741. The summed E-state index contributed by atoms with van der Waals surface area (Å²) >= 11 is 33.4. The first-order valence-electron chi connectivity index (χ1n) is 10.7. The molecule has 0 heterocycles. The summed E-state index contributed by atoms with van der Waals surface area (Å²) in [4.78, 5) is 14.8. The average molecular weight is 667 g/mol. The minimum Gasteiger partial charge on any atom is -0.399 e. The third-order valence-corrected chi connectivity index (χ3v) is 9.11. The van der Waals surface area contributed by atoms with Gasteiger partial charge in [-0.2, -0.15) is 0 Å². The minimum absolute atomic E-state index is 0. The van der Waals surface area contributed by atoms with Gasteiger partial charge in [-0.1, -0.05) is 87.6 Å². The molecule has 0 bridgehead atoms. The van der Waals surface area contributed by atoms with Crippen LogP contribution in [0, 0.1) is 6.92 Å². The number of halogens is 6. The summed E-state index contributed by atoms with van der Waals surface area (Å²) in [6.07, 6.45) is 0. The van der Waals surface area contributed by atoms with E-state index in [2.05, 4.69) is 5.32 Å². The number of amides is 1. The molecule has 4 aromatic rings. The topological polar surface area (TPSA) is 55.1 Å². The molecule has 4 rings (SSSR count). The molecule has 0 aliphatic heterocycles. The molecule has 0 saturated heterocycles. The summed E-state index contributed by atoms with van der Waals surface area (Å²) in [7, 11) is 0. The Balaban J connectivity index is 0.000000263. The fourth-order valence-electron chi connectivity index (χ4n) is 3.01. The summed E-state index contributed by atoms with van der Waals surface area (Å²) in [6.45, 7) is 3.48. The van der Waals surface area contributed by atoms with Crippen LogP contribution in [0.15, 0.2) is 92.4 Å². The van der Waals surface area contributed by atoms with E-state index in [1.165, 1.54) is 18.7 Å². The lowest BCUT2D eigenvalue weighted by molar-refractivity contribution is -0.114. The highest BCUT2D eigenvalue weighted by molar-refractivity contribution is 7.99. The Morgan fingerprint density at radius 1 is 0.737 bits per heavy atom. The Morgan fingerprint density at radius 3 is 1.95 bits per heavy atom. The van der Waals surface area contributed by atoms with Crippen molar-refractivity contribution >= 4 is 111 Å². The summed E-state index contributed by atoms with van der Waals surface area (Å²) in [5, 5.41) is 5.53. The fourth-order valence-corrected chi connectivity index (χ4v) is 6.06. The minimum atomic E-state index is -0.139. The van der Waals surface area contributed by atoms with E-state index in [0.29, 0.717) is 30.8 Å². The zero-order valence-electron chi connectivity index (χ0n) is 20.0. The number of nitrogen functional groups attached to an aromatic ring is 1. The molecule has 0 aliphatic carbocycles. The van der Waals surface area contributed by atoms with Crippen LogP contribution in [-0.4, -0.2) is 5.91 Å². The van der Waals surface area contributed by atoms with Crippen molar-refractivity contribution in [3.8, 4) is 0 Å². The highest BCUT2D eigenvalue weighted by Gasteiger charge is 2.10. The van der Waals surface area contributed by atoms with Gasteiger partial charge >= 0.3 is 0 Å². The van der Waals surface area contributed by atoms with Crippen molar-refractivity contribution < 1.29 is 4.79 Å². The van der Waals surface area contributed by atoms with Gasteiger partial charge in [-0.25, -0.2) is 0 Å². The SMILES string of the molecule is CC(=O)Nc1ccc(Sc2cccc(Cl)c2Cl)c(Cl)c1.Cc1cc(N)ccc1Sc1ccc(Cl)cc1Cl.Cl. The molecule has 11 heteroatoms. The van der Waals surface area contributed by atoms with Crippen LogP contribution >= 0.6 is 93.9 Å². The number of carbonyl (C=O) groups excluding carboxylic acids is 1. The van der Waals surface area contributed by atoms with E-state index in [0.717, 1.165) is 30.8 Å². The Bertz CT molecular complexity index is 1390. The number of hydrogen-bond acceptors (Lipinski definition) is 4. The standard InChI is InChI=1S/C14H10Cl3NOS.C13H11Cl2NS.ClH/c1-8(19)18-9-5-6-12(11(16)7-9)20-13-4-2-3-10(15)14(13)17;1-8-6-10(16)3-5-12(8)17-13-4-2-9(14)7-11(13)15;/h2-7H,1H3,(H,18,19);2-7H,16H2,1H3;1H. The van der Waals surface area contributed by atoms with Crippen LogP contribution < -0.4 is 11.1 Å². The van der Waals surface area contributed by atoms with E-state index in [9.17, 15) is 4.79 Å². The Morgan fingerprint density at radius 2 is 1.34 bits per heavy atom. The lowest BCUT2D eigenvalue weighted by atomic mass is 10.2. The molecule has 0 saturated carbocycles. The van der Waals surface area contributed by atoms with Crippen molar-refractivity contribution in [3.05, 3.63) is 103 Å². The maximum Gasteiger partial charge on any atom is 0.221 e. The van der Waals surface area contributed by atoms with Crippen molar-refractivity contribution in [3.63, 3.8) is 0 Å². The normalized spacial score (nSPS) is 10.2. The second kappa shape index (κ2) is 15.4. The molecule has 38 heavy (non-hydrogen) atoms. The zero-order valence-corrected chi connectivity index (χ0v) is 26.3. The van der Waals surface area contributed by atoms with Crippen molar-refractivity contribution in [1.82, 2.24) is 0 Å². The smallest absolute Gasteiger partial charge is 0.221 e. The lowest BCUT2D eigenvalue weighted by Crippen LogP contribution is -2.05. The molecule has 3 N–H and O–H groups in total. The number of carbonyl (C=O) groups is 1. The number of aryl methyl sites for hydroxylation is 1. The van der Waals surface area contributed by atoms with Gasteiger partial charge in [0.05, 0.1) is 20.1 Å². The van der Waals surface area contributed by atoms with E-state index in [1.54, 1.807) is 36.0 Å². The van der Waals surface area contributed by atoms with Gasteiger partial charge in [-0.05, 0) is 79.2 Å². The molecule has 0 unspecified atom stereocenters. The maximum absolute atomic E-state index is 11.0. The van der Waals surface area contributed by atoms with Crippen LogP contribution in [0.4, 0.5) is 11.4 Å². The van der Waals surface area contributed by atoms with Crippen molar-refractivity contribution in [2.75, 3.05) is 11.1 Å². The van der Waals surface area contributed by atoms with E-state index in [1.807, 2.05) is 55.5 Å². The molecule has 0 atom stereocenters. The number of nitrogens with two attached hydrogens (primary N) is 1. The molecule has 0 radical (unpaired) electrons. The van der Waals surface area contributed by atoms with Crippen LogP contribution in [0.2, 0.25) is 25.1 Å². The summed E-state index contributed by atoms with van der Waals surface area (Å²) in [6, 6.07) is 22.1.